The largest absolute Gasteiger partial charge is 0.377 e. The van der Waals surface area contributed by atoms with Crippen LogP contribution in [0.3, 0.4) is 0 Å². The monoisotopic (exact) mass is 355 g/mol. The van der Waals surface area contributed by atoms with E-state index in [0.29, 0.717) is 29.9 Å². The molecule has 1 aromatic rings. The zero-order chi connectivity index (χ0) is 17.9. The Hall–Kier alpha value is -1.88. The first kappa shape index (κ1) is 17.5. The maximum absolute atomic E-state index is 11.3. The summed E-state index contributed by atoms with van der Waals surface area (Å²) in [5, 5.41) is 14.8. The Morgan fingerprint density at radius 3 is 2.58 bits per heavy atom. The molecule has 2 heterocycles. The lowest BCUT2D eigenvalue weighted by atomic mass is 9.92. The second-order valence-corrected chi connectivity index (χ2v) is 8.05. The summed E-state index contributed by atoms with van der Waals surface area (Å²) in [6, 6.07) is 9.19. The molecule has 0 aromatic heterocycles. The lowest BCUT2D eigenvalue weighted by molar-refractivity contribution is -0.384. The number of hydrogen-bond acceptors (Lipinski definition) is 4. The average Bonchev–Trinajstić information content (AvgIpc) is 2.86. The van der Waals surface area contributed by atoms with Gasteiger partial charge in [-0.3, -0.25) is 15.0 Å². The number of nitro groups is 1. The SMILES string of the molecule is O=[N+]([O-])c1ccccc1NC1CC2CCC(C1)N2C1/C=C\CCCCC1. The summed E-state index contributed by atoms with van der Waals surface area (Å²) in [7, 11) is 0. The molecule has 0 saturated carbocycles. The van der Waals surface area contributed by atoms with Crippen LogP contribution in [0.2, 0.25) is 0 Å². The molecule has 2 bridgehead atoms. The highest BCUT2D eigenvalue weighted by molar-refractivity contribution is 5.61. The van der Waals surface area contributed by atoms with Gasteiger partial charge in [-0.25, -0.2) is 0 Å². The van der Waals surface area contributed by atoms with E-state index in [0.717, 1.165) is 12.8 Å². The van der Waals surface area contributed by atoms with Gasteiger partial charge in [-0.15, -0.1) is 0 Å². The van der Waals surface area contributed by atoms with Crippen molar-refractivity contribution in [3.05, 3.63) is 46.5 Å². The van der Waals surface area contributed by atoms with Gasteiger partial charge in [-0.1, -0.05) is 37.1 Å². The minimum atomic E-state index is -0.286. The van der Waals surface area contributed by atoms with Crippen molar-refractivity contribution in [3.8, 4) is 0 Å². The molecule has 2 aliphatic heterocycles. The van der Waals surface area contributed by atoms with Gasteiger partial charge in [0.25, 0.3) is 5.69 Å². The Kier molecular flexibility index (Phi) is 5.25. The Bertz CT molecular complexity index is 661. The number of rotatable bonds is 4. The molecule has 0 amide bonds. The Labute approximate surface area is 155 Å². The highest BCUT2D eigenvalue weighted by atomic mass is 16.6. The van der Waals surface area contributed by atoms with Crippen molar-refractivity contribution < 1.29 is 4.92 Å². The van der Waals surface area contributed by atoms with Crippen LogP contribution in [0, 0.1) is 10.1 Å². The fourth-order valence-corrected chi connectivity index (χ4v) is 5.24. The van der Waals surface area contributed by atoms with Gasteiger partial charge in [0.05, 0.1) is 4.92 Å². The van der Waals surface area contributed by atoms with E-state index in [1.807, 2.05) is 12.1 Å². The van der Waals surface area contributed by atoms with E-state index in [1.54, 1.807) is 12.1 Å². The second kappa shape index (κ2) is 7.78. The summed E-state index contributed by atoms with van der Waals surface area (Å²) in [6.07, 6.45) is 16.1. The lowest BCUT2D eigenvalue weighted by Crippen LogP contribution is -2.51. The van der Waals surface area contributed by atoms with E-state index in [-0.39, 0.29) is 10.6 Å². The van der Waals surface area contributed by atoms with Crippen molar-refractivity contribution in [1.82, 2.24) is 4.90 Å². The third kappa shape index (κ3) is 3.63. The molecule has 4 rings (SSSR count). The Balaban J connectivity index is 1.45. The zero-order valence-corrected chi connectivity index (χ0v) is 15.3. The predicted molar refractivity (Wildman–Crippen MR) is 104 cm³/mol. The van der Waals surface area contributed by atoms with Gasteiger partial charge in [-0.2, -0.15) is 0 Å². The van der Waals surface area contributed by atoms with Crippen LogP contribution in [0.1, 0.15) is 57.8 Å². The van der Waals surface area contributed by atoms with Crippen LogP contribution in [0.25, 0.3) is 0 Å². The highest BCUT2D eigenvalue weighted by Gasteiger charge is 2.43. The molecule has 1 aliphatic carbocycles. The Morgan fingerprint density at radius 1 is 1.04 bits per heavy atom. The predicted octanol–water partition coefficient (Wildman–Crippen LogP) is 4.89. The first-order chi connectivity index (χ1) is 12.7. The van der Waals surface area contributed by atoms with E-state index >= 15 is 0 Å². The number of nitrogens with zero attached hydrogens (tertiary/aromatic N) is 2. The van der Waals surface area contributed by atoms with Crippen molar-refractivity contribution in [3.63, 3.8) is 0 Å². The maximum atomic E-state index is 11.3. The number of nitro benzene ring substituents is 1. The molecule has 3 unspecified atom stereocenters. The fourth-order valence-electron chi connectivity index (χ4n) is 5.24. The molecule has 3 atom stereocenters. The van der Waals surface area contributed by atoms with Crippen LogP contribution < -0.4 is 5.32 Å². The van der Waals surface area contributed by atoms with Crippen LogP contribution in [-0.2, 0) is 0 Å². The van der Waals surface area contributed by atoms with Crippen molar-refractivity contribution in [1.29, 1.82) is 0 Å². The fraction of sp³-hybridized carbons (Fsp3) is 0.619. The van der Waals surface area contributed by atoms with Gasteiger partial charge in [0.2, 0.25) is 0 Å². The number of para-hydroxylation sites is 2. The molecule has 5 nitrogen and oxygen atoms in total. The molecule has 3 aliphatic rings. The quantitative estimate of drug-likeness (QED) is 0.474. The van der Waals surface area contributed by atoms with Gasteiger partial charge in [-0.05, 0) is 51.0 Å². The van der Waals surface area contributed by atoms with Gasteiger partial charge in [0.1, 0.15) is 5.69 Å². The summed E-state index contributed by atoms with van der Waals surface area (Å²) in [5.74, 6) is 0. The number of nitrogens with one attached hydrogen (secondary N) is 1. The lowest BCUT2D eigenvalue weighted by Gasteiger charge is -2.43. The van der Waals surface area contributed by atoms with Crippen LogP contribution in [-0.4, -0.2) is 34.0 Å². The van der Waals surface area contributed by atoms with Gasteiger partial charge in [0.15, 0.2) is 0 Å². The number of hydrogen-bond donors (Lipinski definition) is 1. The van der Waals surface area contributed by atoms with Crippen molar-refractivity contribution in [2.45, 2.75) is 82.0 Å². The topological polar surface area (TPSA) is 58.4 Å². The minimum absolute atomic E-state index is 0.185. The van der Waals surface area contributed by atoms with Crippen molar-refractivity contribution in [2.75, 3.05) is 5.32 Å². The van der Waals surface area contributed by atoms with Gasteiger partial charge < -0.3 is 5.32 Å². The summed E-state index contributed by atoms with van der Waals surface area (Å²) in [4.78, 5) is 13.8. The van der Waals surface area contributed by atoms with E-state index in [2.05, 4.69) is 22.4 Å². The first-order valence-corrected chi connectivity index (χ1v) is 10.2. The number of anilines is 1. The van der Waals surface area contributed by atoms with E-state index in [4.69, 9.17) is 0 Å². The number of piperidine rings is 1. The Morgan fingerprint density at radius 2 is 1.81 bits per heavy atom. The minimum Gasteiger partial charge on any atom is -0.377 e. The van der Waals surface area contributed by atoms with Crippen LogP contribution >= 0.6 is 0 Å². The van der Waals surface area contributed by atoms with Crippen LogP contribution in [0.5, 0.6) is 0 Å². The van der Waals surface area contributed by atoms with Crippen LogP contribution in [0.4, 0.5) is 11.4 Å². The van der Waals surface area contributed by atoms with Gasteiger partial charge >= 0.3 is 0 Å². The molecule has 5 heteroatoms. The third-order valence-corrected chi connectivity index (χ3v) is 6.36. The summed E-state index contributed by atoms with van der Waals surface area (Å²) >= 11 is 0. The molecule has 0 radical (unpaired) electrons. The van der Waals surface area contributed by atoms with Gasteiger partial charge in [0, 0.05) is 30.2 Å². The van der Waals surface area contributed by atoms with Crippen LogP contribution in [0.15, 0.2) is 36.4 Å². The highest BCUT2D eigenvalue weighted by Crippen LogP contribution is 2.40. The van der Waals surface area contributed by atoms with E-state index in [9.17, 15) is 10.1 Å². The number of benzene rings is 1. The molecular weight excluding hydrogens is 326 g/mol. The summed E-state index contributed by atoms with van der Waals surface area (Å²) < 4.78 is 0. The van der Waals surface area contributed by atoms with E-state index in [1.165, 1.54) is 44.9 Å². The molecule has 2 saturated heterocycles. The molecule has 1 N–H and O–H groups in total. The molecule has 1 aromatic carbocycles. The van der Waals surface area contributed by atoms with Crippen molar-refractivity contribution in [2.24, 2.45) is 0 Å². The van der Waals surface area contributed by atoms with Crippen molar-refractivity contribution >= 4 is 11.4 Å². The molecule has 0 spiro atoms. The maximum Gasteiger partial charge on any atom is 0.292 e. The first-order valence-electron chi connectivity index (χ1n) is 10.2. The second-order valence-electron chi connectivity index (χ2n) is 8.05. The summed E-state index contributed by atoms with van der Waals surface area (Å²) in [5.41, 5.74) is 0.853. The molecular formula is C21H29N3O2. The van der Waals surface area contributed by atoms with E-state index < -0.39 is 0 Å². The zero-order valence-electron chi connectivity index (χ0n) is 15.3. The molecule has 140 valence electrons. The molecule has 26 heavy (non-hydrogen) atoms. The standard InChI is InChI=1S/C21H29N3O2/c25-24(26)21-11-7-6-10-20(21)22-16-14-18-12-13-19(15-16)23(18)17-8-4-2-1-3-5-9-17/h4,6-8,10-11,16-19,22H,1-3,5,9,12-15H2/b8-4-. The third-order valence-electron chi connectivity index (χ3n) is 6.36. The average molecular weight is 355 g/mol. The smallest absolute Gasteiger partial charge is 0.292 e. The molecule has 2 fully saturated rings. The number of fused-ring (bicyclic) bond motifs is 2. The summed E-state index contributed by atoms with van der Waals surface area (Å²) in [6.45, 7) is 0. The number of allylic oxidation sites excluding steroid dienone is 1. The normalized spacial score (nSPS) is 33.2.